The molecule has 0 spiro atoms. The fourth-order valence-electron chi connectivity index (χ4n) is 2.81. The third-order valence-electron chi connectivity index (χ3n) is 4.30. The van der Waals surface area contributed by atoms with Gasteiger partial charge in [0.2, 0.25) is 5.91 Å². The van der Waals surface area contributed by atoms with Gasteiger partial charge in [-0.25, -0.2) is 4.79 Å². The van der Waals surface area contributed by atoms with Crippen molar-refractivity contribution in [3.8, 4) is 11.5 Å². The van der Waals surface area contributed by atoms with Crippen LogP contribution in [0.3, 0.4) is 0 Å². The molecule has 0 atom stereocenters. The summed E-state index contributed by atoms with van der Waals surface area (Å²) in [6.45, 7) is 6.14. The number of imide groups is 1. The van der Waals surface area contributed by atoms with E-state index in [1.807, 2.05) is 67.3 Å². The van der Waals surface area contributed by atoms with Crippen LogP contribution >= 0.6 is 0 Å². The van der Waals surface area contributed by atoms with Crippen LogP contribution in [0.15, 0.2) is 48.5 Å². The van der Waals surface area contributed by atoms with Gasteiger partial charge in [-0.3, -0.25) is 15.0 Å². The SMILES string of the molecule is CCOc1ccc(CN(CC)CC(=O)NC(=O)NCc2ccccc2)cc1OC. The Balaban J connectivity index is 1.85. The minimum atomic E-state index is -0.502. The Morgan fingerprint density at radius 1 is 1.00 bits per heavy atom. The van der Waals surface area contributed by atoms with Crippen LogP contribution in [0.4, 0.5) is 4.79 Å². The molecule has 0 saturated heterocycles. The van der Waals surface area contributed by atoms with Gasteiger partial charge in [-0.1, -0.05) is 43.3 Å². The van der Waals surface area contributed by atoms with Gasteiger partial charge in [0.15, 0.2) is 11.5 Å². The van der Waals surface area contributed by atoms with E-state index >= 15 is 0 Å². The molecule has 0 bridgehead atoms. The number of benzene rings is 2. The highest BCUT2D eigenvalue weighted by molar-refractivity contribution is 5.95. The summed E-state index contributed by atoms with van der Waals surface area (Å²) in [6.07, 6.45) is 0. The number of nitrogens with one attached hydrogen (secondary N) is 2. The van der Waals surface area contributed by atoms with Gasteiger partial charge >= 0.3 is 6.03 Å². The van der Waals surface area contributed by atoms with E-state index in [2.05, 4.69) is 10.6 Å². The Hall–Kier alpha value is -3.06. The smallest absolute Gasteiger partial charge is 0.321 e. The lowest BCUT2D eigenvalue weighted by Crippen LogP contribution is -2.44. The van der Waals surface area contributed by atoms with E-state index in [4.69, 9.17) is 9.47 Å². The molecular weight excluding hydrogens is 370 g/mol. The number of carbonyl (C=O) groups is 2. The standard InChI is InChI=1S/C22H29N3O4/c1-4-25(15-18-11-12-19(29-5-2)20(13-18)28-3)16-21(26)24-22(27)23-14-17-9-7-6-8-10-17/h6-13H,4-5,14-16H2,1-3H3,(H2,23,24,26,27). The van der Waals surface area contributed by atoms with E-state index in [1.54, 1.807) is 7.11 Å². The Kier molecular flexibility index (Phi) is 8.98. The molecule has 0 aliphatic rings. The average molecular weight is 399 g/mol. The van der Waals surface area contributed by atoms with Gasteiger partial charge in [-0.2, -0.15) is 0 Å². The predicted molar refractivity (Wildman–Crippen MR) is 112 cm³/mol. The summed E-state index contributed by atoms with van der Waals surface area (Å²) < 4.78 is 10.9. The zero-order valence-corrected chi connectivity index (χ0v) is 17.2. The Labute approximate surface area is 172 Å². The van der Waals surface area contributed by atoms with Gasteiger partial charge in [0, 0.05) is 13.1 Å². The van der Waals surface area contributed by atoms with Crippen LogP contribution in [0, 0.1) is 0 Å². The summed E-state index contributed by atoms with van der Waals surface area (Å²) >= 11 is 0. The van der Waals surface area contributed by atoms with Gasteiger partial charge in [-0.15, -0.1) is 0 Å². The van der Waals surface area contributed by atoms with Crippen molar-refractivity contribution in [2.75, 3.05) is 26.8 Å². The summed E-state index contributed by atoms with van der Waals surface area (Å²) in [6, 6.07) is 14.7. The molecule has 29 heavy (non-hydrogen) atoms. The largest absolute Gasteiger partial charge is 0.493 e. The Bertz CT molecular complexity index is 796. The highest BCUT2D eigenvalue weighted by Gasteiger charge is 2.14. The molecule has 0 aliphatic carbocycles. The van der Waals surface area contributed by atoms with Crippen LogP contribution in [0.5, 0.6) is 11.5 Å². The topological polar surface area (TPSA) is 79.9 Å². The Morgan fingerprint density at radius 2 is 1.76 bits per heavy atom. The molecule has 7 nitrogen and oxygen atoms in total. The maximum atomic E-state index is 12.2. The monoisotopic (exact) mass is 399 g/mol. The number of hydrogen-bond acceptors (Lipinski definition) is 5. The van der Waals surface area contributed by atoms with E-state index in [9.17, 15) is 9.59 Å². The number of carbonyl (C=O) groups excluding carboxylic acids is 2. The molecule has 7 heteroatoms. The number of ether oxygens (including phenoxy) is 2. The number of urea groups is 1. The van der Waals surface area contributed by atoms with Crippen LogP contribution in [0.2, 0.25) is 0 Å². The van der Waals surface area contributed by atoms with Crippen LogP contribution in [0.25, 0.3) is 0 Å². The summed E-state index contributed by atoms with van der Waals surface area (Å²) in [5.74, 6) is 0.995. The first-order chi connectivity index (χ1) is 14.0. The van der Waals surface area contributed by atoms with Crippen molar-refractivity contribution >= 4 is 11.9 Å². The zero-order valence-electron chi connectivity index (χ0n) is 17.2. The minimum absolute atomic E-state index is 0.116. The summed E-state index contributed by atoms with van der Waals surface area (Å²) in [7, 11) is 1.60. The van der Waals surface area contributed by atoms with Crippen molar-refractivity contribution in [3.63, 3.8) is 0 Å². The molecule has 0 radical (unpaired) electrons. The van der Waals surface area contributed by atoms with Gasteiger partial charge in [0.1, 0.15) is 0 Å². The third-order valence-corrected chi connectivity index (χ3v) is 4.30. The maximum absolute atomic E-state index is 12.2. The third kappa shape index (κ3) is 7.46. The molecule has 0 aliphatic heterocycles. The van der Waals surface area contributed by atoms with Crippen molar-refractivity contribution in [1.29, 1.82) is 0 Å². The summed E-state index contributed by atoms with van der Waals surface area (Å²) in [5.41, 5.74) is 1.96. The van der Waals surface area contributed by atoms with Crippen molar-refractivity contribution in [1.82, 2.24) is 15.5 Å². The average Bonchev–Trinajstić information content (AvgIpc) is 2.73. The second-order valence-corrected chi connectivity index (χ2v) is 6.44. The quantitative estimate of drug-likeness (QED) is 0.642. The Morgan fingerprint density at radius 3 is 2.41 bits per heavy atom. The van der Waals surface area contributed by atoms with Gasteiger partial charge in [0.25, 0.3) is 0 Å². The summed E-state index contributed by atoms with van der Waals surface area (Å²) in [5, 5.41) is 5.06. The molecule has 0 saturated carbocycles. The van der Waals surface area contributed by atoms with Crippen LogP contribution in [0.1, 0.15) is 25.0 Å². The molecule has 156 valence electrons. The van der Waals surface area contributed by atoms with Gasteiger partial charge in [-0.05, 0) is 36.7 Å². The molecule has 2 aromatic rings. The van der Waals surface area contributed by atoms with Crippen molar-refractivity contribution in [3.05, 3.63) is 59.7 Å². The molecule has 0 aromatic heterocycles. The number of methoxy groups -OCH3 is 1. The molecule has 0 heterocycles. The molecule has 2 N–H and O–H groups in total. The first kappa shape index (κ1) is 22.2. The highest BCUT2D eigenvalue weighted by Crippen LogP contribution is 2.28. The number of amides is 3. The van der Waals surface area contributed by atoms with E-state index in [0.29, 0.717) is 37.7 Å². The highest BCUT2D eigenvalue weighted by atomic mass is 16.5. The van der Waals surface area contributed by atoms with Crippen molar-refractivity contribution in [2.24, 2.45) is 0 Å². The normalized spacial score (nSPS) is 10.5. The lowest BCUT2D eigenvalue weighted by molar-refractivity contribution is -0.121. The van der Waals surface area contributed by atoms with Crippen molar-refractivity contribution in [2.45, 2.75) is 26.9 Å². The molecular formula is C22H29N3O4. The number of hydrogen-bond donors (Lipinski definition) is 2. The molecule has 2 aromatic carbocycles. The first-order valence-corrected chi connectivity index (χ1v) is 9.69. The number of rotatable bonds is 10. The van der Waals surface area contributed by atoms with Crippen LogP contribution in [-0.2, 0) is 17.9 Å². The molecule has 0 unspecified atom stereocenters. The van der Waals surface area contributed by atoms with E-state index in [1.165, 1.54) is 0 Å². The minimum Gasteiger partial charge on any atom is -0.493 e. The lowest BCUT2D eigenvalue weighted by Gasteiger charge is -2.20. The maximum Gasteiger partial charge on any atom is 0.321 e. The molecule has 0 fully saturated rings. The van der Waals surface area contributed by atoms with Gasteiger partial charge < -0.3 is 14.8 Å². The molecule has 3 amide bonds. The second kappa shape index (κ2) is 11.7. The predicted octanol–water partition coefficient (Wildman–Crippen LogP) is 2.94. The lowest BCUT2D eigenvalue weighted by atomic mass is 10.2. The molecule has 2 rings (SSSR count). The van der Waals surface area contributed by atoms with Crippen LogP contribution in [-0.4, -0.2) is 43.6 Å². The van der Waals surface area contributed by atoms with Crippen molar-refractivity contribution < 1.29 is 19.1 Å². The summed E-state index contributed by atoms with van der Waals surface area (Å²) in [4.78, 5) is 26.1. The fourth-order valence-corrected chi connectivity index (χ4v) is 2.81. The first-order valence-electron chi connectivity index (χ1n) is 9.69. The van der Waals surface area contributed by atoms with E-state index in [-0.39, 0.29) is 12.5 Å². The van der Waals surface area contributed by atoms with Crippen LogP contribution < -0.4 is 20.1 Å². The van der Waals surface area contributed by atoms with E-state index in [0.717, 1.165) is 11.1 Å². The van der Waals surface area contributed by atoms with E-state index < -0.39 is 6.03 Å². The van der Waals surface area contributed by atoms with Gasteiger partial charge in [0.05, 0.1) is 20.3 Å². The fraction of sp³-hybridized carbons (Fsp3) is 0.364. The zero-order chi connectivity index (χ0) is 21.1. The second-order valence-electron chi connectivity index (χ2n) is 6.44. The number of likely N-dealkylation sites (N-methyl/N-ethyl adjacent to an activating group) is 1. The number of nitrogens with zero attached hydrogens (tertiary/aromatic N) is 1.